The summed E-state index contributed by atoms with van der Waals surface area (Å²) in [6.07, 6.45) is -0.326. The Morgan fingerprint density at radius 3 is 2.91 bits per heavy atom. The molecule has 4 nitrogen and oxygen atoms in total. The highest BCUT2D eigenvalue weighted by molar-refractivity contribution is 7.99. The molecule has 1 heterocycles. The maximum absolute atomic E-state index is 12.3. The van der Waals surface area contributed by atoms with Crippen molar-refractivity contribution in [2.45, 2.75) is 31.7 Å². The first-order valence-corrected chi connectivity index (χ1v) is 9.51. The van der Waals surface area contributed by atoms with E-state index in [0.29, 0.717) is 18.3 Å². The zero-order chi connectivity index (χ0) is 16.8. The molecular weight excluding hydrogens is 332 g/mol. The molecule has 2 atom stereocenters. The highest BCUT2D eigenvalue weighted by Gasteiger charge is 2.26. The van der Waals surface area contributed by atoms with E-state index in [-0.39, 0.29) is 12.0 Å². The van der Waals surface area contributed by atoms with E-state index < -0.39 is 0 Å². The van der Waals surface area contributed by atoms with Crippen molar-refractivity contribution in [2.75, 3.05) is 31.9 Å². The quantitative estimate of drug-likeness (QED) is 0.850. The lowest BCUT2D eigenvalue weighted by Crippen LogP contribution is -2.55. The van der Waals surface area contributed by atoms with Gasteiger partial charge in [0.15, 0.2) is 0 Å². The highest BCUT2D eigenvalue weighted by atomic mass is 35.5. The Morgan fingerprint density at radius 2 is 2.26 bits per heavy atom. The van der Waals surface area contributed by atoms with Crippen molar-refractivity contribution in [3.8, 4) is 0 Å². The molecule has 0 bridgehead atoms. The third-order valence-corrected chi connectivity index (χ3v) is 5.22. The van der Waals surface area contributed by atoms with Gasteiger partial charge in [-0.1, -0.05) is 23.7 Å². The van der Waals surface area contributed by atoms with Crippen LogP contribution in [0, 0.1) is 0 Å². The van der Waals surface area contributed by atoms with Crippen molar-refractivity contribution in [3.63, 3.8) is 0 Å². The zero-order valence-corrected chi connectivity index (χ0v) is 15.3. The number of amides is 1. The number of halogens is 1. The van der Waals surface area contributed by atoms with Gasteiger partial charge in [-0.15, -0.1) is 11.8 Å². The molecule has 1 fully saturated rings. The van der Waals surface area contributed by atoms with Gasteiger partial charge < -0.3 is 10.0 Å². The van der Waals surface area contributed by atoms with Gasteiger partial charge in [-0.05, 0) is 31.5 Å². The van der Waals surface area contributed by atoms with Gasteiger partial charge in [-0.25, -0.2) is 0 Å². The summed E-state index contributed by atoms with van der Waals surface area (Å²) in [6, 6.07) is 8.05. The predicted molar refractivity (Wildman–Crippen MR) is 96.9 cm³/mol. The number of hydrogen-bond acceptors (Lipinski definition) is 4. The van der Waals surface area contributed by atoms with Crippen molar-refractivity contribution < 1.29 is 9.90 Å². The average Bonchev–Trinajstić information content (AvgIpc) is 2.49. The fourth-order valence-electron chi connectivity index (χ4n) is 2.81. The van der Waals surface area contributed by atoms with Gasteiger partial charge in [0, 0.05) is 43.0 Å². The van der Waals surface area contributed by atoms with Crippen LogP contribution in [0.25, 0.3) is 0 Å². The minimum absolute atomic E-state index is 0.195. The molecular formula is C17H25ClN2O2S. The van der Waals surface area contributed by atoms with Crippen molar-refractivity contribution in [1.29, 1.82) is 0 Å². The molecule has 0 unspecified atom stereocenters. The molecule has 1 N–H and O–H groups in total. The second-order valence-corrected chi connectivity index (χ2v) is 7.58. The average molecular weight is 357 g/mol. The van der Waals surface area contributed by atoms with Gasteiger partial charge in [0.05, 0.1) is 11.9 Å². The van der Waals surface area contributed by atoms with Crippen LogP contribution in [0.4, 0.5) is 0 Å². The summed E-state index contributed by atoms with van der Waals surface area (Å²) >= 11 is 7.59. The number of aliphatic hydroxyl groups excluding tert-OH is 1. The largest absolute Gasteiger partial charge is 0.392 e. The Morgan fingerprint density at radius 1 is 1.48 bits per heavy atom. The number of β-amino-alcohol motifs (C(OH)–C–C–N with tert-alkyl or cyclic N) is 1. The topological polar surface area (TPSA) is 43.8 Å². The molecule has 0 saturated carbocycles. The van der Waals surface area contributed by atoms with E-state index in [4.69, 9.17) is 11.6 Å². The van der Waals surface area contributed by atoms with Crippen LogP contribution in [-0.4, -0.2) is 64.9 Å². The first-order chi connectivity index (χ1) is 11.0. The Balaban J connectivity index is 1.74. The zero-order valence-electron chi connectivity index (χ0n) is 13.7. The third kappa shape index (κ3) is 5.99. The molecule has 1 saturated heterocycles. The monoisotopic (exact) mass is 356 g/mol. The summed E-state index contributed by atoms with van der Waals surface area (Å²) in [5.74, 6) is 1.49. The number of nitrogens with zero attached hydrogens (tertiary/aromatic N) is 2. The molecule has 23 heavy (non-hydrogen) atoms. The summed E-state index contributed by atoms with van der Waals surface area (Å²) in [6.45, 7) is 6.90. The number of piperazine rings is 1. The summed E-state index contributed by atoms with van der Waals surface area (Å²) < 4.78 is 0. The Hall–Kier alpha value is -0.750. The lowest BCUT2D eigenvalue weighted by atomic mass is 10.1. The molecule has 0 spiro atoms. The second kappa shape index (κ2) is 8.92. The van der Waals surface area contributed by atoms with Crippen LogP contribution >= 0.6 is 23.4 Å². The number of hydrogen-bond donors (Lipinski definition) is 1. The van der Waals surface area contributed by atoms with Gasteiger partial charge in [-0.3, -0.25) is 9.69 Å². The summed E-state index contributed by atoms with van der Waals surface area (Å²) in [4.78, 5) is 16.5. The van der Waals surface area contributed by atoms with Crippen LogP contribution in [-0.2, 0) is 10.5 Å². The fourth-order valence-corrected chi connectivity index (χ4v) is 3.89. The van der Waals surface area contributed by atoms with Crippen LogP contribution < -0.4 is 0 Å². The molecule has 0 aliphatic carbocycles. The third-order valence-electron chi connectivity index (χ3n) is 4.00. The Labute approximate surface area is 147 Å². The van der Waals surface area contributed by atoms with Gasteiger partial charge in [0.25, 0.3) is 0 Å². The molecule has 0 aromatic heterocycles. The van der Waals surface area contributed by atoms with Gasteiger partial charge in [0.1, 0.15) is 0 Å². The van der Waals surface area contributed by atoms with Crippen LogP contribution in [0.2, 0.25) is 5.02 Å². The van der Waals surface area contributed by atoms with Gasteiger partial charge >= 0.3 is 0 Å². The fraction of sp³-hybridized carbons (Fsp3) is 0.588. The van der Waals surface area contributed by atoms with E-state index in [1.54, 1.807) is 18.7 Å². The van der Waals surface area contributed by atoms with Crippen molar-refractivity contribution in [2.24, 2.45) is 0 Å². The molecule has 1 aliphatic rings. The lowest BCUT2D eigenvalue weighted by Gasteiger charge is -2.40. The first kappa shape index (κ1) is 18.6. The molecule has 0 radical (unpaired) electrons. The standard InChI is InChI=1S/C17H25ClN2O2S/c1-13-9-20(7-6-19(13)10-14(2)21)17(22)12-23-11-15-4-3-5-16(18)8-15/h3-5,8,13-14,21H,6-7,9-12H2,1-2H3/t13-,14-/m0/s1. The van der Waals surface area contributed by atoms with Crippen LogP contribution in [0.1, 0.15) is 19.4 Å². The number of thioether (sulfide) groups is 1. The number of carbonyl (C=O) groups excluding carboxylic acids is 1. The molecule has 1 aromatic rings. The number of rotatable bonds is 6. The molecule has 2 rings (SSSR count). The second-order valence-electron chi connectivity index (χ2n) is 6.16. The van der Waals surface area contributed by atoms with Crippen LogP contribution in [0.5, 0.6) is 0 Å². The van der Waals surface area contributed by atoms with E-state index in [1.807, 2.05) is 29.2 Å². The smallest absolute Gasteiger partial charge is 0.232 e. The normalized spacial score (nSPS) is 20.5. The number of aliphatic hydroxyl groups is 1. The number of benzene rings is 1. The Kier molecular flexibility index (Phi) is 7.21. The van der Waals surface area contributed by atoms with E-state index in [9.17, 15) is 9.90 Å². The summed E-state index contributed by atoms with van der Waals surface area (Å²) in [7, 11) is 0. The van der Waals surface area contributed by atoms with Crippen molar-refractivity contribution in [3.05, 3.63) is 34.9 Å². The molecule has 1 aromatic carbocycles. The SMILES string of the molecule is C[C@H](O)CN1CCN(C(=O)CSCc2cccc(Cl)c2)C[C@@H]1C. The maximum atomic E-state index is 12.3. The van der Waals surface area contributed by atoms with E-state index in [1.165, 1.54) is 0 Å². The van der Waals surface area contributed by atoms with Crippen LogP contribution in [0.15, 0.2) is 24.3 Å². The van der Waals surface area contributed by atoms with E-state index in [0.717, 1.165) is 36.0 Å². The Bertz CT molecular complexity index is 527. The summed E-state index contributed by atoms with van der Waals surface area (Å²) in [5.41, 5.74) is 1.14. The molecule has 6 heteroatoms. The van der Waals surface area contributed by atoms with E-state index >= 15 is 0 Å². The highest BCUT2D eigenvalue weighted by Crippen LogP contribution is 2.18. The van der Waals surface area contributed by atoms with Gasteiger partial charge in [-0.2, -0.15) is 0 Å². The minimum Gasteiger partial charge on any atom is -0.392 e. The summed E-state index contributed by atoms with van der Waals surface area (Å²) in [5, 5.41) is 10.2. The van der Waals surface area contributed by atoms with Crippen molar-refractivity contribution >= 4 is 29.3 Å². The van der Waals surface area contributed by atoms with Crippen molar-refractivity contribution in [1.82, 2.24) is 9.80 Å². The molecule has 1 aliphatic heterocycles. The maximum Gasteiger partial charge on any atom is 0.232 e. The first-order valence-electron chi connectivity index (χ1n) is 7.98. The predicted octanol–water partition coefficient (Wildman–Crippen LogP) is 2.49. The van der Waals surface area contributed by atoms with Crippen LogP contribution in [0.3, 0.4) is 0 Å². The minimum atomic E-state index is -0.326. The van der Waals surface area contributed by atoms with E-state index in [2.05, 4.69) is 11.8 Å². The lowest BCUT2D eigenvalue weighted by molar-refractivity contribution is -0.131. The van der Waals surface area contributed by atoms with Gasteiger partial charge in [0.2, 0.25) is 5.91 Å². The molecule has 128 valence electrons. The number of carbonyl (C=O) groups is 1. The molecule has 1 amide bonds.